The van der Waals surface area contributed by atoms with Crippen molar-refractivity contribution >= 4 is 11.9 Å². The van der Waals surface area contributed by atoms with Gasteiger partial charge in [-0.15, -0.1) is 0 Å². The van der Waals surface area contributed by atoms with Gasteiger partial charge in [0.1, 0.15) is 24.4 Å². The van der Waals surface area contributed by atoms with Gasteiger partial charge in [-0.3, -0.25) is 9.59 Å². The maximum absolute atomic E-state index is 13.3. The fourth-order valence-corrected chi connectivity index (χ4v) is 8.42. The summed E-state index contributed by atoms with van der Waals surface area (Å²) >= 11 is 0. The number of allylic oxidation sites excluding steroid dienone is 7. The van der Waals surface area contributed by atoms with Gasteiger partial charge in [0.05, 0.1) is 25.4 Å². The standard InChI is InChI=1S/C56H101NO10/c1-4-7-10-13-16-19-22-25-28-30-33-36-39-42-48(59)47(57-55(64)49(60)43-40-37-34-31-27-24-21-18-15-12-9-6-3)46-65-56-54(53(63)52(62)50(45-58)66-56)67-51(61)44-41-38-35-32-29-26-23-20-17-14-11-8-5-2/h8,11,14,17,20,23,39,42,47-50,52-54,56,58-60,62-63H,4-7,9-10,12-13,15-16,18-19,21-22,24-38,40-41,43-46H2,1-3H3,(H,57,64)/b11-8+,17-14+,23-20-,42-39+. The van der Waals surface area contributed by atoms with Crippen LogP contribution >= 0.6 is 0 Å². The lowest BCUT2D eigenvalue weighted by molar-refractivity contribution is -0.305. The molecule has 1 fully saturated rings. The molecule has 1 saturated heterocycles. The molecule has 0 aliphatic carbocycles. The highest BCUT2D eigenvalue weighted by Gasteiger charge is 2.47. The Hall–Kier alpha value is -2.38. The summed E-state index contributed by atoms with van der Waals surface area (Å²) in [5, 5.41) is 56.7. The maximum Gasteiger partial charge on any atom is 0.306 e. The molecule has 67 heavy (non-hydrogen) atoms. The molecule has 0 spiro atoms. The molecule has 1 aliphatic rings. The van der Waals surface area contributed by atoms with Gasteiger partial charge in [-0.25, -0.2) is 0 Å². The average Bonchev–Trinajstić information content (AvgIpc) is 3.32. The van der Waals surface area contributed by atoms with Gasteiger partial charge in [-0.05, 0) is 44.9 Å². The van der Waals surface area contributed by atoms with Crippen molar-refractivity contribution in [1.29, 1.82) is 0 Å². The van der Waals surface area contributed by atoms with Gasteiger partial charge in [0.2, 0.25) is 5.91 Å². The zero-order valence-corrected chi connectivity index (χ0v) is 42.8. The highest BCUT2D eigenvalue weighted by atomic mass is 16.7. The SMILES string of the molecule is CC/C=C/C=C/C=C\CCCCCCCC(=O)OC1C(OCC(NC(=O)C(O)CCCCCCCCCCCCCC)C(O)/C=C/CCCCCCCCCCCCC)OC(CO)C(O)C1O. The van der Waals surface area contributed by atoms with Crippen LogP contribution in [0.5, 0.6) is 0 Å². The number of esters is 1. The predicted molar refractivity (Wildman–Crippen MR) is 273 cm³/mol. The molecule has 1 rings (SSSR count). The van der Waals surface area contributed by atoms with Crippen LogP contribution in [0.25, 0.3) is 0 Å². The minimum atomic E-state index is -1.62. The van der Waals surface area contributed by atoms with Crippen molar-refractivity contribution in [2.24, 2.45) is 0 Å². The molecule has 6 N–H and O–H groups in total. The van der Waals surface area contributed by atoms with Crippen LogP contribution in [0.15, 0.2) is 48.6 Å². The lowest BCUT2D eigenvalue weighted by atomic mass is 9.99. The molecule has 1 aliphatic heterocycles. The van der Waals surface area contributed by atoms with Gasteiger partial charge in [0.25, 0.3) is 0 Å². The average molecular weight is 948 g/mol. The van der Waals surface area contributed by atoms with Crippen LogP contribution in [0.4, 0.5) is 0 Å². The first-order valence-corrected chi connectivity index (χ1v) is 27.4. The Morgan fingerprint density at radius 2 is 1.07 bits per heavy atom. The van der Waals surface area contributed by atoms with E-state index in [1.54, 1.807) is 6.08 Å². The Labute approximate surface area is 408 Å². The second-order valence-corrected chi connectivity index (χ2v) is 19.0. The van der Waals surface area contributed by atoms with E-state index in [4.69, 9.17) is 14.2 Å². The lowest BCUT2D eigenvalue weighted by Gasteiger charge is -2.41. The first-order chi connectivity index (χ1) is 32.7. The van der Waals surface area contributed by atoms with E-state index in [1.165, 1.54) is 109 Å². The summed E-state index contributed by atoms with van der Waals surface area (Å²) in [5.41, 5.74) is 0. The van der Waals surface area contributed by atoms with Gasteiger partial charge in [0, 0.05) is 6.42 Å². The summed E-state index contributed by atoms with van der Waals surface area (Å²) in [6.45, 7) is 5.62. The molecule has 390 valence electrons. The van der Waals surface area contributed by atoms with E-state index in [2.05, 4.69) is 44.3 Å². The number of unbranched alkanes of at least 4 members (excludes halogenated alkanes) is 27. The van der Waals surface area contributed by atoms with E-state index in [-0.39, 0.29) is 13.0 Å². The number of aliphatic hydroxyl groups excluding tert-OH is 5. The summed E-state index contributed by atoms with van der Waals surface area (Å²) in [7, 11) is 0. The number of aliphatic hydroxyl groups is 5. The third-order valence-corrected chi connectivity index (χ3v) is 12.8. The molecule has 0 radical (unpaired) electrons. The lowest BCUT2D eigenvalue weighted by Crippen LogP contribution is -2.61. The Morgan fingerprint density at radius 1 is 0.597 bits per heavy atom. The number of hydrogen-bond acceptors (Lipinski definition) is 10. The van der Waals surface area contributed by atoms with E-state index in [0.717, 1.165) is 77.0 Å². The maximum atomic E-state index is 13.3. The van der Waals surface area contributed by atoms with Crippen molar-refractivity contribution < 1.29 is 49.3 Å². The van der Waals surface area contributed by atoms with Crippen LogP contribution in [-0.2, 0) is 23.8 Å². The molecular weight excluding hydrogens is 847 g/mol. The summed E-state index contributed by atoms with van der Waals surface area (Å²) in [4.78, 5) is 26.4. The molecule has 0 bridgehead atoms. The number of carbonyl (C=O) groups is 2. The van der Waals surface area contributed by atoms with Gasteiger partial charge in [-0.2, -0.15) is 0 Å². The monoisotopic (exact) mass is 948 g/mol. The van der Waals surface area contributed by atoms with Crippen LogP contribution in [0.1, 0.15) is 233 Å². The molecule has 0 aromatic carbocycles. The molecule has 0 aromatic rings. The van der Waals surface area contributed by atoms with Crippen molar-refractivity contribution in [3.05, 3.63) is 48.6 Å². The molecule has 11 nitrogen and oxygen atoms in total. The highest BCUT2D eigenvalue weighted by molar-refractivity contribution is 5.80. The molecule has 1 amide bonds. The minimum absolute atomic E-state index is 0.101. The van der Waals surface area contributed by atoms with Crippen molar-refractivity contribution in [3.63, 3.8) is 0 Å². The van der Waals surface area contributed by atoms with E-state index >= 15 is 0 Å². The zero-order chi connectivity index (χ0) is 49.0. The number of ether oxygens (including phenoxy) is 3. The van der Waals surface area contributed by atoms with Crippen molar-refractivity contribution in [1.82, 2.24) is 5.32 Å². The normalized spacial score (nSPS) is 20.4. The molecule has 11 heteroatoms. The number of carbonyl (C=O) groups excluding carboxylic acids is 2. The Morgan fingerprint density at radius 3 is 1.60 bits per heavy atom. The summed E-state index contributed by atoms with van der Waals surface area (Å²) in [6, 6.07) is -1.02. The van der Waals surface area contributed by atoms with Crippen molar-refractivity contribution in [2.45, 2.75) is 282 Å². The number of amides is 1. The molecule has 0 saturated carbocycles. The van der Waals surface area contributed by atoms with Gasteiger partial charge in [-0.1, -0.05) is 230 Å². The van der Waals surface area contributed by atoms with Gasteiger partial charge in [0.15, 0.2) is 12.4 Å². The number of hydrogen-bond donors (Lipinski definition) is 6. The second kappa shape index (κ2) is 44.8. The quantitative estimate of drug-likeness (QED) is 0.0149. The van der Waals surface area contributed by atoms with Gasteiger partial charge < -0.3 is 45.1 Å². The number of rotatable bonds is 45. The highest BCUT2D eigenvalue weighted by Crippen LogP contribution is 2.26. The molecule has 8 atom stereocenters. The van der Waals surface area contributed by atoms with Crippen molar-refractivity contribution in [3.8, 4) is 0 Å². The fourth-order valence-electron chi connectivity index (χ4n) is 8.42. The Balaban J connectivity index is 2.78. The fraction of sp³-hybridized carbons (Fsp3) is 0.821. The molecular formula is C56H101NO10. The first kappa shape index (κ1) is 62.6. The summed E-state index contributed by atoms with van der Waals surface area (Å²) < 4.78 is 17.5. The summed E-state index contributed by atoms with van der Waals surface area (Å²) in [6.07, 6.45) is 41.6. The molecule has 0 aromatic heterocycles. The Bertz CT molecular complexity index is 1270. The van der Waals surface area contributed by atoms with Crippen molar-refractivity contribution in [2.75, 3.05) is 13.2 Å². The predicted octanol–water partition coefficient (Wildman–Crippen LogP) is 11.7. The second-order valence-electron chi connectivity index (χ2n) is 19.0. The van der Waals surface area contributed by atoms with Crippen LogP contribution in [0, 0.1) is 0 Å². The Kier molecular flexibility index (Phi) is 41.9. The van der Waals surface area contributed by atoms with Crippen LogP contribution in [0.2, 0.25) is 0 Å². The van der Waals surface area contributed by atoms with E-state index in [1.807, 2.05) is 24.3 Å². The van der Waals surface area contributed by atoms with E-state index < -0.39 is 67.4 Å². The summed E-state index contributed by atoms with van der Waals surface area (Å²) in [5.74, 6) is -1.21. The van der Waals surface area contributed by atoms with E-state index in [0.29, 0.717) is 19.3 Å². The third kappa shape index (κ3) is 33.7. The van der Waals surface area contributed by atoms with Crippen LogP contribution in [-0.4, -0.2) is 99.6 Å². The smallest absolute Gasteiger partial charge is 0.306 e. The molecule has 8 unspecified atom stereocenters. The topological polar surface area (TPSA) is 175 Å². The van der Waals surface area contributed by atoms with Crippen LogP contribution < -0.4 is 5.32 Å². The first-order valence-electron chi connectivity index (χ1n) is 27.4. The minimum Gasteiger partial charge on any atom is -0.454 e. The zero-order valence-electron chi connectivity index (χ0n) is 42.8. The largest absolute Gasteiger partial charge is 0.454 e. The van der Waals surface area contributed by atoms with E-state index in [9.17, 15) is 35.1 Å². The van der Waals surface area contributed by atoms with Gasteiger partial charge >= 0.3 is 5.97 Å². The number of nitrogens with one attached hydrogen (secondary N) is 1. The molecule has 1 heterocycles. The third-order valence-electron chi connectivity index (χ3n) is 12.8. The van der Waals surface area contributed by atoms with Crippen LogP contribution in [0.3, 0.4) is 0 Å².